The van der Waals surface area contributed by atoms with E-state index in [0.717, 1.165) is 0 Å². The topological polar surface area (TPSA) is 72.5 Å². The highest BCUT2D eigenvalue weighted by molar-refractivity contribution is 6.34. The van der Waals surface area contributed by atoms with Crippen molar-refractivity contribution < 1.29 is 14.6 Å². The summed E-state index contributed by atoms with van der Waals surface area (Å²) in [6.07, 6.45) is 0. The molecule has 5 heteroatoms. The van der Waals surface area contributed by atoms with Crippen LogP contribution in [0.5, 0.6) is 11.5 Å². The van der Waals surface area contributed by atoms with Gasteiger partial charge < -0.3 is 15.6 Å². The zero-order valence-electron chi connectivity index (χ0n) is 9.37. The molecule has 1 atom stereocenters. The van der Waals surface area contributed by atoms with Crippen molar-refractivity contribution in [3.8, 4) is 11.5 Å². The molecule has 1 aromatic carbocycles. The van der Waals surface area contributed by atoms with Crippen LogP contribution in [0.15, 0.2) is 6.07 Å². The molecule has 0 spiro atoms. The molecule has 0 bridgehead atoms. The fourth-order valence-electron chi connectivity index (χ4n) is 1.43. The average Bonchev–Trinajstić information content (AvgIpc) is 2.23. The Balaban J connectivity index is 3.40. The maximum absolute atomic E-state index is 11.7. The van der Waals surface area contributed by atoms with Gasteiger partial charge in [-0.05, 0) is 25.5 Å². The number of benzene rings is 1. The zero-order chi connectivity index (χ0) is 12.5. The van der Waals surface area contributed by atoms with Crippen LogP contribution >= 0.6 is 11.6 Å². The second-order valence-electron chi connectivity index (χ2n) is 3.59. The fraction of sp³-hybridized carbons (Fsp3) is 0.364. The minimum absolute atomic E-state index is 0.0338. The number of phenols is 1. The third-order valence-electron chi connectivity index (χ3n) is 2.26. The molecule has 0 aliphatic carbocycles. The first-order chi connectivity index (χ1) is 7.40. The van der Waals surface area contributed by atoms with Gasteiger partial charge in [0.15, 0.2) is 5.78 Å². The molecule has 1 unspecified atom stereocenters. The van der Waals surface area contributed by atoms with E-state index in [2.05, 4.69) is 0 Å². The zero-order valence-corrected chi connectivity index (χ0v) is 10.1. The number of carbonyl (C=O) groups excluding carboxylic acids is 1. The molecule has 1 rings (SSSR count). The number of ether oxygens (including phenoxy) is 1. The number of ketones is 1. The van der Waals surface area contributed by atoms with Crippen molar-refractivity contribution in [2.75, 3.05) is 7.11 Å². The Kier molecular flexibility index (Phi) is 3.78. The molecular formula is C11H14ClNO3. The SMILES string of the molecule is COc1c(C)cc(C(=O)C(C)N)c(O)c1Cl. The van der Waals surface area contributed by atoms with Crippen LogP contribution in [-0.2, 0) is 0 Å². The van der Waals surface area contributed by atoms with E-state index in [1.54, 1.807) is 13.8 Å². The monoisotopic (exact) mass is 243 g/mol. The van der Waals surface area contributed by atoms with Crippen LogP contribution in [0, 0.1) is 6.92 Å². The number of aryl methyl sites for hydroxylation is 1. The van der Waals surface area contributed by atoms with Gasteiger partial charge in [0, 0.05) is 0 Å². The number of rotatable bonds is 3. The quantitative estimate of drug-likeness (QED) is 0.796. The van der Waals surface area contributed by atoms with Gasteiger partial charge in [-0.25, -0.2) is 0 Å². The van der Waals surface area contributed by atoms with E-state index in [-0.39, 0.29) is 22.1 Å². The molecule has 0 fully saturated rings. The van der Waals surface area contributed by atoms with E-state index in [1.165, 1.54) is 13.2 Å². The van der Waals surface area contributed by atoms with Gasteiger partial charge in [0.1, 0.15) is 16.5 Å². The van der Waals surface area contributed by atoms with Crippen LogP contribution in [0.1, 0.15) is 22.8 Å². The van der Waals surface area contributed by atoms with Gasteiger partial charge in [-0.3, -0.25) is 4.79 Å². The average molecular weight is 244 g/mol. The lowest BCUT2D eigenvalue weighted by Crippen LogP contribution is -2.26. The third kappa shape index (κ3) is 2.13. The molecule has 3 N–H and O–H groups in total. The Morgan fingerprint density at radius 3 is 2.62 bits per heavy atom. The maximum Gasteiger partial charge on any atom is 0.183 e. The second kappa shape index (κ2) is 4.72. The molecule has 0 saturated carbocycles. The van der Waals surface area contributed by atoms with Gasteiger partial charge in [-0.15, -0.1) is 0 Å². The summed E-state index contributed by atoms with van der Waals surface area (Å²) in [6.45, 7) is 3.29. The minimum atomic E-state index is -0.685. The first-order valence-corrected chi connectivity index (χ1v) is 5.13. The van der Waals surface area contributed by atoms with Crippen LogP contribution in [0.2, 0.25) is 5.02 Å². The molecule has 0 radical (unpaired) electrons. The van der Waals surface area contributed by atoms with Crippen LogP contribution in [0.3, 0.4) is 0 Å². The Morgan fingerprint density at radius 2 is 2.19 bits per heavy atom. The molecule has 16 heavy (non-hydrogen) atoms. The number of Topliss-reactive ketones (excluding diaryl/α,β-unsaturated/α-hetero) is 1. The van der Waals surface area contributed by atoms with Crippen molar-refractivity contribution in [1.29, 1.82) is 0 Å². The number of aromatic hydroxyl groups is 1. The fourth-order valence-corrected chi connectivity index (χ4v) is 1.76. The van der Waals surface area contributed by atoms with E-state index >= 15 is 0 Å². The summed E-state index contributed by atoms with van der Waals surface area (Å²) >= 11 is 5.88. The highest BCUT2D eigenvalue weighted by Gasteiger charge is 2.21. The molecule has 0 aromatic heterocycles. The van der Waals surface area contributed by atoms with E-state index in [4.69, 9.17) is 22.1 Å². The van der Waals surface area contributed by atoms with Crippen LogP contribution in [0.4, 0.5) is 0 Å². The third-order valence-corrected chi connectivity index (χ3v) is 2.62. The van der Waals surface area contributed by atoms with Gasteiger partial charge in [-0.1, -0.05) is 11.6 Å². The smallest absolute Gasteiger partial charge is 0.183 e. The first-order valence-electron chi connectivity index (χ1n) is 4.76. The summed E-state index contributed by atoms with van der Waals surface area (Å²) in [5.41, 5.74) is 6.27. The lowest BCUT2D eigenvalue weighted by molar-refractivity contribution is 0.0965. The lowest BCUT2D eigenvalue weighted by atomic mass is 10.0. The van der Waals surface area contributed by atoms with Crippen LogP contribution in [0.25, 0.3) is 0 Å². The number of hydrogen-bond acceptors (Lipinski definition) is 4. The molecule has 88 valence electrons. The standard InChI is InChI=1S/C11H14ClNO3/c1-5-4-7(9(14)6(2)13)10(15)8(12)11(5)16-3/h4,6,15H,13H2,1-3H3. The summed E-state index contributed by atoms with van der Waals surface area (Å²) in [7, 11) is 1.45. The van der Waals surface area contributed by atoms with Crippen molar-refractivity contribution in [2.24, 2.45) is 5.73 Å². The molecule has 1 aromatic rings. The first kappa shape index (κ1) is 12.8. The van der Waals surface area contributed by atoms with Crippen molar-refractivity contribution in [3.05, 3.63) is 22.2 Å². The Hall–Kier alpha value is -1.26. The highest BCUT2D eigenvalue weighted by Crippen LogP contribution is 2.39. The van der Waals surface area contributed by atoms with Crippen molar-refractivity contribution in [2.45, 2.75) is 19.9 Å². The number of carbonyl (C=O) groups is 1. The number of hydrogen-bond donors (Lipinski definition) is 2. The molecular weight excluding hydrogens is 230 g/mol. The minimum Gasteiger partial charge on any atom is -0.505 e. The normalized spacial score (nSPS) is 12.3. The van der Waals surface area contributed by atoms with Crippen molar-refractivity contribution in [1.82, 2.24) is 0 Å². The molecule has 0 aliphatic heterocycles. The van der Waals surface area contributed by atoms with E-state index < -0.39 is 6.04 Å². The van der Waals surface area contributed by atoms with E-state index in [9.17, 15) is 9.90 Å². The van der Waals surface area contributed by atoms with Crippen molar-refractivity contribution >= 4 is 17.4 Å². The van der Waals surface area contributed by atoms with Gasteiger partial charge in [0.25, 0.3) is 0 Å². The largest absolute Gasteiger partial charge is 0.505 e. The molecule has 4 nitrogen and oxygen atoms in total. The maximum atomic E-state index is 11.7. The van der Waals surface area contributed by atoms with E-state index in [0.29, 0.717) is 11.3 Å². The Labute approximate surface area is 99.0 Å². The van der Waals surface area contributed by atoms with Gasteiger partial charge in [0.05, 0.1) is 18.7 Å². The summed E-state index contributed by atoms with van der Waals surface area (Å²) in [5.74, 6) is -0.281. The predicted octanol–water partition coefficient (Wildman–Crippen LogP) is 1.89. The van der Waals surface area contributed by atoms with Gasteiger partial charge >= 0.3 is 0 Å². The summed E-state index contributed by atoms with van der Waals surface area (Å²) in [5, 5.41) is 9.80. The highest BCUT2D eigenvalue weighted by atomic mass is 35.5. The molecule has 0 aliphatic rings. The van der Waals surface area contributed by atoms with Gasteiger partial charge in [0.2, 0.25) is 0 Å². The Morgan fingerprint density at radius 1 is 1.62 bits per heavy atom. The summed E-state index contributed by atoms with van der Waals surface area (Å²) in [4.78, 5) is 11.7. The van der Waals surface area contributed by atoms with Gasteiger partial charge in [-0.2, -0.15) is 0 Å². The van der Waals surface area contributed by atoms with E-state index in [1.807, 2.05) is 0 Å². The van der Waals surface area contributed by atoms with Crippen molar-refractivity contribution in [3.63, 3.8) is 0 Å². The number of phenolic OH excluding ortho intramolecular Hbond substituents is 1. The molecule has 0 heterocycles. The number of methoxy groups -OCH3 is 1. The lowest BCUT2D eigenvalue weighted by Gasteiger charge is -2.13. The van der Waals surface area contributed by atoms with Crippen LogP contribution in [-0.4, -0.2) is 24.0 Å². The number of halogens is 1. The molecule has 0 saturated heterocycles. The number of nitrogens with two attached hydrogens (primary N) is 1. The Bertz CT molecular complexity index is 430. The van der Waals surface area contributed by atoms with Crippen LogP contribution < -0.4 is 10.5 Å². The predicted molar refractivity (Wildman–Crippen MR) is 62.4 cm³/mol. The molecule has 0 amide bonds. The summed E-state index contributed by atoms with van der Waals surface area (Å²) < 4.78 is 5.02. The second-order valence-corrected chi connectivity index (χ2v) is 3.97. The summed E-state index contributed by atoms with van der Waals surface area (Å²) in [6, 6.07) is 0.834.